The predicted molar refractivity (Wildman–Crippen MR) is 103 cm³/mol. The van der Waals surface area contributed by atoms with Gasteiger partial charge in [-0.25, -0.2) is 0 Å². The van der Waals surface area contributed by atoms with E-state index >= 15 is 0 Å². The van der Waals surface area contributed by atoms with Crippen molar-refractivity contribution in [3.05, 3.63) is 55.0 Å². The Bertz CT molecular complexity index is 690. The van der Waals surface area contributed by atoms with E-state index in [1.54, 1.807) is 0 Å². The summed E-state index contributed by atoms with van der Waals surface area (Å²) in [7, 11) is -1.57. The maximum atomic E-state index is 9.19. The van der Waals surface area contributed by atoms with Gasteiger partial charge in [-0.05, 0) is 18.6 Å². The summed E-state index contributed by atoms with van der Waals surface area (Å²) in [5.74, 6) is 0. The molecule has 1 N–H and O–H groups in total. The highest BCUT2D eigenvalue weighted by atomic mass is 32.2. The van der Waals surface area contributed by atoms with Crippen LogP contribution in [0.1, 0.15) is 19.8 Å². The highest BCUT2D eigenvalue weighted by Crippen LogP contribution is 2.08. The fourth-order valence-corrected chi connectivity index (χ4v) is 2.11. The Morgan fingerprint density at radius 1 is 1.16 bits per heavy atom. The molecule has 6 nitrogen and oxygen atoms in total. The van der Waals surface area contributed by atoms with Gasteiger partial charge in [-0.2, -0.15) is 8.42 Å². The Morgan fingerprint density at radius 3 is 2.36 bits per heavy atom. The van der Waals surface area contributed by atoms with Gasteiger partial charge in [0, 0.05) is 37.6 Å². The summed E-state index contributed by atoms with van der Waals surface area (Å²) in [5, 5.41) is 1.20. The highest BCUT2D eigenvalue weighted by Gasteiger charge is 2.05. The van der Waals surface area contributed by atoms with Gasteiger partial charge in [0.25, 0.3) is 10.1 Å². The summed E-state index contributed by atoms with van der Waals surface area (Å²) in [6.07, 6.45) is 9.40. The lowest BCUT2D eigenvalue weighted by Crippen LogP contribution is -2.23. The number of unbranched alkanes of at least 4 members (excludes halogenated alkanes) is 1. The van der Waals surface area contributed by atoms with Crippen molar-refractivity contribution >= 4 is 21.0 Å². The smallest absolute Gasteiger partial charge is 0.261 e. The van der Waals surface area contributed by atoms with E-state index < -0.39 is 10.1 Å². The van der Waals surface area contributed by atoms with Crippen molar-refractivity contribution in [2.75, 3.05) is 26.5 Å². The molecule has 0 radical (unpaired) electrons. The van der Waals surface area contributed by atoms with Gasteiger partial charge in [0.05, 0.1) is 18.4 Å². The first-order valence-corrected chi connectivity index (χ1v) is 9.99. The van der Waals surface area contributed by atoms with Crippen molar-refractivity contribution in [2.45, 2.75) is 19.8 Å². The molecule has 138 valence electrons. The van der Waals surface area contributed by atoms with Gasteiger partial charge < -0.3 is 9.80 Å². The third kappa shape index (κ3) is 10.4. The zero-order valence-corrected chi connectivity index (χ0v) is 15.9. The van der Waals surface area contributed by atoms with Crippen molar-refractivity contribution in [1.29, 1.82) is 0 Å². The maximum Gasteiger partial charge on any atom is 0.261 e. The molecule has 0 atom stereocenters. The largest absolute Gasteiger partial charge is 0.362 e. The van der Waals surface area contributed by atoms with Crippen molar-refractivity contribution < 1.29 is 13.0 Å². The molecule has 7 heteroatoms. The number of para-hydroxylation sites is 1. The number of fused-ring (bicyclic) bond motifs is 1. The molecule has 0 unspecified atom stereocenters. The van der Waals surface area contributed by atoms with Crippen LogP contribution in [0.5, 0.6) is 0 Å². The minimum absolute atomic E-state index is 0.715. The summed E-state index contributed by atoms with van der Waals surface area (Å²) in [6, 6.07) is 12.1. The van der Waals surface area contributed by atoms with E-state index in [9.17, 15) is 8.42 Å². The number of benzene rings is 1. The lowest BCUT2D eigenvalue weighted by molar-refractivity contribution is 0.293. The lowest BCUT2D eigenvalue weighted by Gasteiger charge is -2.17. The Hall–Kier alpha value is -2.12. The Labute approximate surface area is 150 Å². The van der Waals surface area contributed by atoms with Crippen LogP contribution >= 0.6 is 0 Å². The van der Waals surface area contributed by atoms with Crippen LogP contribution in [-0.4, -0.2) is 54.3 Å². The molecule has 0 fully saturated rings. The number of rotatable bonds is 3. The molecule has 0 bridgehead atoms. The van der Waals surface area contributed by atoms with Crippen LogP contribution in [0.25, 0.3) is 10.9 Å². The van der Waals surface area contributed by atoms with E-state index in [0.29, 0.717) is 6.26 Å². The van der Waals surface area contributed by atoms with Gasteiger partial charge in [-0.1, -0.05) is 37.6 Å². The molecule has 0 saturated heterocycles. The van der Waals surface area contributed by atoms with Crippen molar-refractivity contribution in [3.8, 4) is 0 Å². The molecule has 0 saturated carbocycles. The number of aromatic nitrogens is 1. The fourth-order valence-electron chi connectivity index (χ4n) is 2.11. The van der Waals surface area contributed by atoms with E-state index in [1.807, 2.05) is 30.5 Å². The minimum Gasteiger partial charge on any atom is -0.362 e. The topological polar surface area (TPSA) is 73.7 Å². The molecule has 1 aromatic carbocycles. The van der Waals surface area contributed by atoms with Crippen LogP contribution in [0.4, 0.5) is 0 Å². The van der Waals surface area contributed by atoms with Gasteiger partial charge in [-0.15, -0.1) is 0 Å². The Balaban J connectivity index is 0.000000200. The van der Waals surface area contributed by atoms with Crippen LogP contribution in [0.15, 0.2) is 55.0 Å². The van der Waals surface area contributed by atoms with Crippen LogP contribution in [0, 0.1) is 0 Å². The molecule has 3 rings (SSSR count). The molecule has 2 aromatic rings. The molecular formula is C18H27N3O3S. The molecule has 25 heavy (non-hydrogen) atoms. The quantitative estimate of drug-likeness (QED) is 0.842. The summed E-state index contributed by atoms with van der Waals surface area (Å²) in [5.41, 5.74) is 1.06. The van der Waals surface area contributed by atoms with Gasteiger partial charge in [0.1, 0.15) is 0 Å². The van der Waals surface area contributed by atoms with Crippen molar-refractivity contribution in [1.82, 2.24) is 14.8 Å². The van der Waals surface area contributed by atoms with Gasteiger partial charge >= 0.3 is 0 Å². The maximum absolute atomic E-state index is 9.19. The summed E-state index contributed by atoms with van der Waals surface area (Å²) in [6.45, 7) is 4.50. The summed E-state index contributed by atoms with van der Waals surface area (Å²) in [4.78, 5) is 8.71. The molecular weight excluding hydrogens is 338 g/mol. The predicted octanol–water partition coefficient (Wildman–Crippen LogP) is 3.20. The molecule has 2 heterocycles. The van der Waals surface area contributed by atoms with Gasteiger partial charge in [-0.3, -0.25) is 9.54 Å². The van der Waals surface area contributed by atoms with Crippen molar-refractivity contribution in [3.63, 3.8) is 0 Å². The van der Waals surface area contributed by atoms with E-state index in [1.165, 1.54) is 24.8 Å². The average molecular weight is 365 g/mol. The number of hydrogen-bond donors (Lipinski definition) is 1. The van der Waals surface area contributed by atoms with Crippen LogP contribution in [0.3, 0.4) is 0 Å². The molecule has 0 spiro atoms. The number of nitrogens with zero attached hydrogens (tertiary/aromatic N) is 3. The number of hydrogen-bond acceptors (Lipinski definition) is 5. The molecule has 1 aromatic heterocycles. The average Bonchev–Trinajstić information content (AvgIpc) is 2.97. The third-order valence-corrected chi connectivity index (χ3v) is 3.25. The fraction of sp³-hybridized carbons (Fsp3) is 0.389. The van der Waals surface area contributed by atoms with E-state index in [4.69, 9.17) is 4.55 Å². The standard InChI is InChI=1S/C9H7N.C8H16N2.CH4O3S/c1-2-6-9-8(4-1)5-3-7-10-9;1-3-4-5-10-7-6-9(2)8-10;1-5(2,3)4/h1-7H;6-7H,3-5,8H2,1-2H3;1H3,(H,2,3,4). The van der Waals surface area contributed by atoms with Crippen LogP contribution in [0.2, 0.25) is 0 Å². The van der Waals surface area contributed by atoms with Crippen LogP contribution in [-0.2, 0) is 10.1 Å². The SMILES string of the molecule is CCCCN1C=CN(C)C1.CS(=O)(=O)O.c1ccc2ncccc2c1. The van der Waals surface area contributed by atoms with E-state index in [0.717, 1.165) is 12.2 Å². The lowest BCUT2D eigenvalue weighted by atomic mass is 10.2. The molecule has 0 aliphatic carbocycles. The third-order valence-electron chi connectivity index (χ3n) is 3.25. The highest BCUT2D eigenvalue weighted by molar-refractivity contribution is 7.85. The summed E-state index contributed by atoms with van der Waals surface area (Å²) < 4.78 is 25.9. The first-order valence-electron chi connectivity index (χ1n) is 8.14. The second kappa shape index (κ2) is 10.7. The van der Waals surface area contributed by atoms with E-state index in [2.05, 4.69) is 53.3 Å². The minimum atomic E-state index is -3.67. The Kier molecular flexibility index (Phi) is 8.94. The normalized spacial score (nSPS) is 13.1. The zero-order chi connectivity index (χ0) is 18.7. The monoisotopic (exact) mass is 365 g/mol. The Morgan fingerprint density at radius 2 is 1.80 bits per heavy atom. The second-order valence-electron chi connectivity index (χ2n) is 5.79. The number of pyridine rings is 1. The van der Waals surface area contributed by atoms with Crippen LogP contribution < -0.4 is 0 Å². The molecule has 1 aliphatic rings. The summed E-state index contributed by atoms with van der Waals surface area (Å²) >= 11 is 0. The van der Waals surface area contributed by atoms with Gasteiger partial charge in [0.15, 0.2) is 0 Å². The zero-order valence-electron chi connectivity index (χ0n) is 15.0. The first-order chi connectivity index (χ1) is 11.8. The van der Waals surface area contributed by atoms with E-state index in [-0.39, 0.29) is 0 Å². The first kappa shape index (κ1) is 20.9. The molecule has 1 aliphatic heterocycles. The van der Waals surface area contributed by atoms with Crippen molar-refractivity contribution in [2.24, 2.45) is 0 Å². The molecule has 0 amide bonds. The van der Waals surface area contributed by atoms with Gasteiger partial charge in [0.2, 0.25) is 0 Å². The second-order valence-corrected chi connectivity index (χ2v) is 7.26.